The molecule has 1 aromatic rings. The molecule has 0 atom stereocenters. The molecule has 0 aliphatic rings. The first kappa shape index (κ1) is 18.1. The highest BCUT2D eigenvalue weighted by Crippen LogP contribution is 2.15. The van der Waals surface area contributed by atoms with Gasteiger partial charge in [0.05, 0.1) is 18.0 Å². The molecule has 1 N–H and O–H groups in total. The van der Waals surface area contributed by atoms with Gasteiger partial charge in [0.2, 0.25) is 11.8 Å². The smallest absolute Gasteiger partial charge is 0.238 e. The van der Waals surface area contributed by atoms with Crippen LogP contribution < -0.4 is 5.32 Å². The number of anilines is 1. The van der Waals surface area contributed by atoms with Crippen LogP contribution in [0, 0.1) is 0 Å². The van der Waals surface area contributed by atoms with E-state index in [9.17, 15) is 18.0 Å². The number of likely N-dealkylation sites (N-methyl/N-ethyl adjacent to an activating group) is 2. The summed E-state index contributed by atoms with van der Waals surface area (Å²) in [6.07, 6.45) is 1.11. The van der Waals surface area contributed by atoms with E-state index in [0.717, 1.165) is 6.26 Å². The first-order valence-corrected chi connectivity index (χ1v) is 8.47. The van der Waals surface area contributed by atoms with Crippen molar-refractivity contribution in [1.82, 2.24) is 9.80 Å². The molecule has 1 rings (SSSR count). The molecule has 2 amide bonds. The monoisotopic (exact) mass is 327 g/mol. The van der Waals surface area contributed by atoms with Crippen molar-refractivity contribution in [2.45, 2.75) is 4.90 Å². The number of sulfone groups is 1. The standard InChI is InChI=1S/C14H21N3O4S/c1-16(2)14(19)10-17(3)9-13(18)15-11-6-5-7-12(8-11)22(4,20)21/h5-8H,9-10H2,1-4H3,(H,15,18). The lowest BCUT2D eigenvalue weighted by molar-refractivity contribution is -0.130. The Morgan fingerprint density at radius 1 is 1.14 bits per heavy atom. The lowest BCUT2D eigenvalue weighted by Crippen LogP contribution is -2.38. The summed E-state index contributed by atoms with van der Waals surface area (Å²) >= 11 is 0. The van der Waals surface area contributed by atoms with Crippen molar-refractivity contribution in [1.29, 1.82) is 0 Å². The number of amides is 2. The largest absolute Gasteiger partial charge is 0.348 e. The van der Waals surface area contributed by atoms with Crippen LogP contribution in [-0.2, 0) is 19.4 Å². The lowest BCUT2D eigenvalue weighted by atomic mass is 10.3. The van der Waals surface area contributed by atoms with Crippen LogP contribution in [0.5, 0.6) is 0 Å². The maximum Gasteiger partial charge on any atom is 0.238 e. The van der Waals surface area contributed by atoms with Gasteiger partial charge in [-0.15, -0.1) is 0 Å². The van der Waals surface area contributed by atoms with Gasteiger partial charge in [0, 0.05) is 26.0 Å². The fraction of sp³-hybridized carbons (Fsp3) is 0.429. The van der Waals surface area contributed by atoms with Crippen molar-refractivity contribution in [3.63, 3.8) is 0 Å². The fourth-order valence-electron chi connectivity index (χ4n) is 1.68. The minimum absolute atomic E-state index is 0.0304. The normalized spacial score (nSPS) is 11.3. The van der Waals surface area contributed by atoms with Crippen LogP contribution in [0.3, 0.4) is 0 Å². The van der Waals surface area contributed by atoms with Gasteiger partial charge in [-0.25, -0.2) is 8.42 Å². The van der Waals surface area contributed by atoms with Crippen molar-refractivity contribution in [3.05, 3.63) is 24.3 Å². The third-order valence-electron chi connectivity index (χ3n) is 2.86. The molecular weight excluding hydrogens is 306 g/mol. The molecule has 7 nitrogen and oxygen atoms in total. The van der Waals surface area contributed by atoms with Crippen LogP contribution in [0.25, 0.3) is 0 Å². The van der Waals surface area contributed by atoms with Crippen LogP contribution in [-0.4, -0.2) is 70.5 Å². The van der Waals surface area contributed by atoms with Crippen LogP contribution >= 0.6 is 0 Å². The summed E-state index contributed by atoms with van der Waals surface area (Å²) in [5.41, 5.74) is 0.403. The molecule has 1 aromatic carbocycles. The summed E-state index contributed by atoms with van der Waals surface area (Å²) in [7, 11) is 1.63. The predicted molar refractivity (Wildman–Crippen MR) is 84.4 cm³/mol. The number of carbonyl (C=O) groups is 2. The van der Waals surface area contributed by atoms with Crippen molar-refractivity contribution in [2.75, 3.05) is 45.8 Å². The third kappa shape index (κ3) is 5.82. The van der Waals surface area contributed by atoms with E-state index < -0.39 is 9.84 Å². The maximum absolute atomic E-state index is 11.9. The highest BCUT2D eigenvalue weighted by atomic mass is 32.2. The zero-order valence-electron chi connectivity index (χ0n) is 13.2. The molecule has 122 valence electrons. The second-order valence-corrected chi connectivity index (χ2v) is 7.32. The van der Waals surface area contributed by atoms with E-state index >= 15 is 0 Å². The molecule has 0 unspecified atom stereocenters. The number of hydrogen-bond donors (Lipinski definition) is 1. The van der Waals surface area contributed by atoms with Gasteiger partial charge in [0.15, 0.2) is 9.84 Å². The Bertz CT molecular complexity index is 656. The molecule has 8 heteroatoms. The zero-order chi connectivity index (χ0) is 16.9. The summed E-state index contributed by atoms with van der Waals surface area (Å²) in [6.45, 7) is 0.159. The van der Waals surface area contributed by atoms with Gasteiger partial charge in [-0.1, -0.05) is 6.07 Å². The van der Waals surface area contributed by atoms with E-state index in [4.69, 9.17) is 0 Å². The highest BCUT2D eigenvalue weighted by molar-refractivity contribution is 7.90. The van der Waals surface area contributed by atoms with E-state index in [1.807, 2.05) is 0 Å². The van der Waals surface area contributed by atoms with E-state index in [-0.39, 0.29) is 29.8 Å². The summed E-state index contributed by atoms with van der Waals surface area (Å²) in [5, 5.41) is 2.62. The molecule has 0 spiro atoms. The van der Waals surface area contributed by atoms with Crippen molar-refractivity contribution >= 4 is 27.3 Å². The molecular formula is C14H21N3O4S. The second-order valence-electron chi connectivity index (χ2n) is 5.31. The summed E-state index contributed by atoms with van der Waals surface area (Å²) < 4.78 is 22.9. The second kappa shape index (κ2) is 7.37. The van der Waals surface area contributed by atoms with E-state index in [1.54, 1.807) is 38.2 Å². The molecule has 0 aliphatic carbocycles. The SMILES string of the molecule is CN(CC(=O)Nc1cccc(S(C)(=O)=O)c1)CC(=O)N(C)C. The van der Waals surface area contributed by atoms with E-state index in [0.29, 0.717) is 5.69 Å². The number of rotatable bonds is 6. The van der Waals surface area contributed by atoms with Gasteiger partial charge in [0.25, 0.3) is 0 Å². The molecule has 0 bridgehead atoms. The summed E-state index contributed by atoms with van der Waals surface area (Å²) in [6, 6.07) is 6.04. The van der Waals surface area contributed by atoms with Crippen LogP contribution in [0.2, 0.25) is 0 Å². The minimum atomic E-state index is -3.32. The molecule has 22 heavy (non-hydrogen) atoms. The fourth-order valence-corrected chi connectivity index (χ4v) is 2.35. The Labute approximate surface area is 130 Å². The molecule has 0 fully saturated rings. The first-order valence-electron chi connectivity index (χ1n) is 6.58. The van der Waals surface area contributed by atoms with Gasteiger partial charge in [-0.2, -0.15) is 0 Å². The Morgan fingerprint density at radius 2 is 1.77 bits per heavy atom. The Hall–Kier alpha value is -1.93. The van der Waals surface area contributed by atoms with Gasteiger partial charge in [-0.3, -0.25) is 14.5 Å². The number of benzene rings is 1. The van der Waals surface area contributed by atoms with E-state index in [2.05, 4.69) is 5.32 Å². The average Bonchev–Trinajstić information content (AvgIpc) is 2.37. The number of nitrogens with one attached hydrogen (secondary N) is 1. The molecule has 0 aromatic heterocycles. The van der Waals surface area contributed by atoms with Gasteiger partial charge >= 0.3 is 0 Å². The van der Waals surface area contributed by atoms with Gasteiger partial charge < -0.3 is 10.2 Å². The van der Waals surface area contributed by atoms with Crippen molar-refractivity contribution < 1.29 is 18.0 Å². The average molecular weight is 327 g/mol. The first-order chi connectivity index (χ1) is 10.1. The van der Waals surface area contributed by atoms with Crippen LogP contribution in [0.15, 0.2) is 29.2 Å². The van der Waals surface area contributed by atoms with Crippen LogP contribution in [0.4, 0.5) is 5.69 Å². The topological polar surface area (TPSA) is 86.8 Å². The number of nitrogens with zero attached hydrogens (tertiary/aromatic N) is 2. The Kier molecular flexibility index (Phi) is 6.07. The molecule has 0 aliphatic heterocycles. The van der Waals surface area contributed by atoms with Gasteiger partial charge in [-0.05, 0) is 25.2 Å². The molecule has 0 saturated heterocycles. The van der Waals surface area contributed by atoms with E-state index in [1.165, 1.54) is 17.0 Å². The zero-order valence-corrected chi connectivity index (χ0v) is 14.0. The van der Waals surface area contributed by atoms with Crippen molar-refractivity contribution in [2.24, 2.45) is 0 Å². The molecule has 0 saturated carbocycles. The highest BCUT2D eigenvalue weighted by Gasteiger charge is 2.13. The van der Waals surface area contributed by atoms with Gasteiger partial charge in [0.1, 0.15) is 0 Å². The third-order valence-corrected chi connectivity index (χ3v) is 3.97. The molecule has 0 heterocycles. The lowest BCUT2D eigenvalue weighted by Gasteiger charge is -2.18. The molecule has 0 radical (unpaired) electrons. The quantitative estimate of drug-likeness (QED) is 0.798. The summed E-state index contributed by atoms with van der Waals surface area (Å²) in [5.74, 6) is -0.422. The number of carbonyl (C=O) groups excluding carboxylic acids is 2. The minimum Gasteiger partial charge on any atom is -0.348 e. The Balaban J connectivity index is 2.64. The predicted octanol–water partition coefficient (Wildman–Crippen LogP) is 0.0486. The summed E-state index contributed by atoms with van der Waals surface area (Å²) in [4.78, 5) is 26.6. The van der Waals surface area contributed by atoms with Crippen molar-refractivity contribution in [3.8, 4) is 0 Å². The number of hydrogen-bond acceptors (Lipinski definition) is 5. The Morgan fingerprint density at radius 3 is 2.32 bits per heavy atom. The van der Waals surface area contributed by atoms with Crippen LogP contribution in [0.1, 0.15) is 0 Å². The maximum atomic E-state index is 11.9.